The van der Waals surface area contributed by atoms with Crippen LogP contribution >= 0.6 is 0 Å². The number of aromatic nitrogens is 1. The van der Waals surface area contributed by atoms with Crippen LogP contribution < -0.4 is 4.74 Å². The molecule has 0 bridgehead atoms. The summed E-state index contributed by atoms with van der Waals surface area (Å²) < 4.78 is 46.9. The number of rotatable bonds is 5. The monoisotopic (exact) mass is 430 g/mol. The first-order valence-electron chi connectivity index (χ1n) is 10.4. The second-order valence-corrected chi connectivity index (χ2v) is 7.71. The quantitative estimate of drug-likeness (QED) is 0.572. The van der Waals surface area contributed by atoms with Crippen LogP contribution in [0.3, 0.4) is 0 Å². The summed E-state index contributed by atoms with van der Waals surface area (Å²) in [5.41, 5.74) is 2.20. The first kappa shape index (κ1) is 21.3. The van der Waals surface area contributed by atoms with Gasteiger partial charge in [-0.2, -0.15) is 13.2 Å². The van der Waals surface area contributed by atoms with Crippen molar-refractivity contribution in [1.82, 2.24) is 9.47 Å². The fourth-order valence-electron chi connectivity index (χ4n) is 4.21. The van der Waals surface area contributed by atoms with Gasteiger partial charge in [0.25, 0.3) is 0 Å². The summed E-state index contributed by atoms with van der Waals surface area (Å²) in [5, 5.41) is 10.0. The Balaban J connectivity index is 1.69. The molecular formula is C24H25F3N2O2. The van der Waals surface area contributed by atoms with Crippen LogP contribution in [0.5, 0.6) is 11.5 Å². The first-order valence-corrected chi connectivity index (χ1v) is 10.4. The molecule has 1 aromatic heterocycles. The Morgan fingerprint density at radius 3 is 2.55 bits per heavy atom. The molecule has 4 rings (SSSR count). The van der Waals surface area contributed by atoms with Crippen molar-refractivity contribution < 1.29 is 23.0 Å². The van der Waals surface area contributed by atoms with Crippen molar-refractivity contribution in [1.29, 1.82) is 0 Å². The van der Waals surface area contributed by atoms with Gasteiger partial charge in [-0.15, -0.1) is 0 Å². The summed E-state index contributed by atoms with van der Waals surface area (Å²) in [6, 6.07) is 14.6. The summed E-state index contributed by atoms with van der Waals surface area (Å²) in [7, 11) is 0. The van der Waals surface area contributed by atoms with E-state index in [1.807, 2.05) is 37.4 Å². The summed E-state index contributed by atoms with van der Waals surface area (Å²) in [6.07, 6.45) is -1.41. The third-order valence-electron chi connectivity index (χ3n) is 5.62. The van der Waals surface area contributed by atoms with Crippen molar-refractivity contribution in [3.8, 4) is 11.5 Å². The number of alkyl halides is 3. The minimum atomic E-state index is -4.36. The molecule has 3 aromatic rings. The average Bonchev–Trinajstić information content (AvgIpc) is 3.11. The second-order valence-electron chi connectivity index (χ2n) is 7.71. The molecule has 0 fully saturated rings. The Bertz CT molecular complexity index is 1030. The maximum absolute atomic E-state index is 13.1. The summed E-state index contributed by atoms with van der Waals surface area (Å²) in [6.45, 7) is 4.53. The van der Waals surface area contributed by atoms with E-state index in [9.17, 15) is 18.3 Å². The molecule has 0 aliphatic carbocycles. The molecule has 31 heavy (non-hydrogen) atoms. The van der Waals surface area contributed by atoms with E-state index in [0.29, 0.717) is 18.9 Å². The van der Waals surface area contributed by atoms with Gasteiger partial charge in [-0.05, 0) is 60.9 Å². The molecule has 2 heterocycles. The van der Waals surface area contributed by atoms with Gasteiger partial charge in [0.2, 0.25) is 0 Å². The third kappa shape index (κ3) is 4.56. The van der Waals surface area contributed by atoms with Gasteiger partial charge in [0.1, 0.15) is 0 Å². The number of aromatic hydroxyl groups is 1. The Morgan fingerprint density at radius 2 is 1.84 bits per heavy atom. The molecule has 1 aliphatic rings. The van der Waals surface area contributed by atoms with E-state index in [2.05, 4.69) is 9.47 Å². The van der Waals surface area contributed by atoms with E-state index in [0.717, 1.165) is 48.5 Å². The predicted octanol–water partition coefficient (Wildman–Crippen LogP) is 5.61. The smallest absolute Gasteiger partial charge is 0.416 e. The maximum atomic E-state index is 13.1. The van der Waals surface area contributed by atoms with Gasteiger partial charge in [-0.1, -0.05) is 18.2 Å². The predicted molar refractivity (Wildman–Crippen MR) is 112 cm³/mol. The lowest BCUT2D eigenvalue weighted by Gasteiger charge is -2.31. The van der Waals surface area contributed by atoms with E-state index in [1.54, 1.807) is 18.2 Å². The zero-order valence-corrected chi connectivity index (χ0v) is 17.3. The Kier molecular flexibility index (Phi) is 5.96. The Hall–Kier alpha value is -2.93. The Morgan fingerprint density at radius 1 is 1.06 bits per heavy atom. The van der Waals surface area contributed by atoms with Gasteiger partial charge in [0, 0.05) is 31.5 Å². The van der Waals surface area contributed by atoms with Crippen molar-refractivity contribution >= 4 is 0 Å². The van der Waals surface area contributed by atoms with E-state index in [1.165, 1.54) is 0 Å². The lowest BCUT2D eigenvalue weighted by Crippen LogP contribution is -2.29. The topological polar surface area (TPSA) is 37.6 Å². The van der Waals surface area contributed by atoms with Gasteiger partial charge < -0.3 is 14.4 Å². The number of halogens is 3. The fourth-order valence-corrected chi connectivity index (χ4v) is 4.21. The number of phenols is 1. The normalized spacial score (nSPS) is 17.2. The number of aryl methyl sites for hydroxylation is 1. The van der Waals surface area contributed by atoms with Crippen LogP contribution in [0.15, 0.2) is 60.8 Å². The van der Waals surface area contributed by atoms with Crippen LogP contribution in [-0.2, 0) is 19.3 Å². The molecule has 4 nitrogen and oxygen atoms in total. The molecule has 1 N–H and O–H groups in total. The van der Waals surface area contributed by atoms with Crippen LogP contribution in [-0.4, -0.2) is 27.7 Å². The zero-order valence-electron chi connectivity index (χ0n) is 17.3. The maximum Gasteiger partial charge on any atom is 0.416 e. The molecule has 0 saturated heterocycles. The SMILES string of the molecule is CCOc1cc(CN2CCCn3cccc3[C@@H]2c2ccc(C(F)(F)F)cc2)ccc1O. The van der Waals surface area contributed by atoms with Crippen molar-refractivity contribution in [3.63, 3.8) is 0 Å². The number of nitrogens with zero attached hydrogens (tertiary/aromatic N) is 2. The first-order chi connectivity index (χ1) is 14.9. The number of ether oxygens (including phenoxy) is 1. The van der Waals surface area contributed by atoms with Crippen LogP contribution in [0.1, 0.15) is 41.8 Å². The molecule has 0 radical (unpaired) electrons. The highest BCUT2D eigenvalue weighted by atomic mass is 19.4. The molecule has 2 aromatic carbocycles. The van der Waals surface area contributed by atoms with Gasteiger partial charge in [-0.25, -0.2) is 0 Å². The average molecular weight is 430 g/mol. The van der Waals surface area contributed by atoms with E-state index in [-0.39, 0.29) is 11.8 Å². The van der Waals surface area contributed by atoms with E-state index < -0.39 is 11.7 Å². The molecule has 0 unspecified atom stereocenters. The molecule has 0 spiro atoms. The standard InChI is InChI=1S/C24H25F3N2O2/c1-2-31-22-15-17(6-11-21(22)30)16-29-14-4-13-28-12-3-5-20(28)23(29)18-7-9-19(10-8-18)24(25,26)27/h3,5-12,15,23,30H,2,4,13-14,16H2,1H3/t23-/m0/s1. The van der Waals surface area contributed by atoms with Crippen molar-refractivity contribution in [2.24, 2.45) is 0 Å². The summed E-state index contributed by atoms with van der Waals surface area (Å²) in [5.74, 6) is 0.527. The van der Waals surface area contributed by atoms with Crippen LogP contribution in [0.4, 0.5) is 13.2 Å². The molecule has 1 aliphatic heterocycles. The van der Waals surface area contributed by atoms with Crippen LogP contribution in [0, 0.1) is 0 Å². The summed E-state index contributed by atoms with van der Waals surface area (Å²) >= 11 is 0. The highest BCUT2D eigenvalue weighted by Crippen LogP contribution is 2.36. The highest BCUT2D eigenvalue weighted by molar-refractivity contribution is 5.42. The lowest BCUT2D eigenvalue weighted by molar-refractivity contribution is -0.137. The summed E-state index contributed by atoms with van der Waals surface area (Å²) in [4.78, 5) is 2.27. The zero-order chi connectivity index (χ0) is 22.0. The van der Waals surface area contributed by atoms with Gasteiger partial charge >= 0.3 is 6.18 Å². The van der Waals surface area contributed by atoms with Crippen LogP contribution in [0.25, 0.3) is 0 Å². The molecular weight excluding hydrogens is 405 g/mol. The highest BCUT2D eigenvalue weighted by Gasteiger charge is 2.32. The number of fused-ring (bicyclic) bond motifs is 1. The van der Waals surface area contributed by atoms with Crippen molar-refractivity contribution in [2.45, 2.75) is 38.7 Å². The largest absolute Gasteiger partial charge is 0.504 e. The number of phenolic OH excluding ortho intramolecular Hbond substituents is 1. The molecule has 7 heteroatoms. The lowest BCUT2D eigenvalue weighted by atomic mass is 9.99. The number of hydrogen-bond donors (Lipinski definition) is 1. The number of benzene rings is 2. The van der Waals surface area contributed by atoms with Crippen LogP contribution in [0.2, 0.25) is 0 Å². The van der Waals surface area contributed by atoms with E-state index >= 15 is 0 Å². The second kappa shape index (κ2) is 8.67. The fraction of sp³-hybridized carbons (Fsp3) is 0.333. The molecule has 0 amide bonds. The third-order valence-corrected chi connectivity index (χ3v) is 5.62. The minimum Gasteiger partial charge on any atom is -0.504 e. The van der Waals surface area contributed by atoms with Crippen molar-refractivity contribution in [3.05, 3.63) is 83.2 Å². The molecule has 1 atom stereocenters. The van der Waals surface area contributed by atoms with Crippen molar-refractivity contribution in [2.75, 3.05) is 13.2 Å². The molecule has 0 saturated carbocycles. The number of hydrogen-bond acceptors (Lipinski definition) is 3. The van der Waals surface area contributed by atoms with Gasteiger partial charge in [-0.3, -0.25) is 4.90 Å². The Labute approximate surface area is 179 Å². The van der Waals surface area contributed by atoms with Gasteiger partial charge in [0.05, 0.1) is 18.2 Å². The van der Waals surface area contributed by atoms with E-state index in [4.69, 9.17) is 4.74 Å². The van der Waals surface area contributed by atoms with Gasteiger partial charge in [0.15, 0.2) is 11.5 Å². The molecule has 164 valence electrons. The minimum absolute atomic E-state index is 0.0923.